The van der Waals surface area contributed by atoms with E-state index in [0.29, 0.717) is 24.4 Å². The van der Waals surface area contributed by atoms with Gasteiger partial charge in [-0.2, -0.15) is 5.10 Å². The van der Waals surface area contributed by atoms with Crippen molar-refractivity contribution in [3.63, 3.8) is 0 Å². The van der Waals surface area contributed by atoms with Gasteiger partial charge in [-0.25, -0.2) is 4.52 Å². The predicted molar refractivity (Wildman–Crippen MR) is 166 cm³/mol. The van der Waals surface area contributed by atoms with Crippen LogP contribution in [0, 0.1) is 18.8 Å². The molecule has 7 heteroatoms. The Morgan fingerprint density at radius 3 is 2.56 bits per heavy atom. The van der Waals surface area contributed by atoms with Crippen LogP contribution >= 0.6 is 23.8 Å². The molecule has 3 heterocycles. The van der Waals surface area contributed by atoms with Gasteiger partial charge in [-0.15, -0.1) is 0 Å². The highest BCUT2D eigenvalue weighted by Gasteiger charge is 2.32. The Morgan fingerprint density at radius 1 is 1.03 bits per heavy atom. The molecular weight excluding hydrogens is 522 g/mol. The summed E-state index contributed by atoms with van der Waals surface area (Å²) in [6, 6.07) is 17.1. The number of hydrogen-bond donors (Lipinski definition) is 2. The highest BCUT2D eigenvalue weighted by Crippen LogP contribution is 2.38. The third-order valence-corrected chi connectivity index (χ3v) is 9.50. The Morgan fingerprint density at radius 2 is 1.79 bits per heavy atom. The Hall–Kier alpha value is -2.83. The summed E-state index contributed by atoms with van der Waals surface area (Å²) in [4.78, 5) is 0.801. The molecule has 2 N–H and O–H groups in total. The first-order valence-electron chi connectivity index (χ1n) is 14.4. The Kier molecular flexibility index (Phi) is 7.43. The fourth-order valence-electron chi connectivity index (χ4n) is 6.45. The quantitative estimate of drug-likeness (QED) is 0.237. The minimum Gasteiger partial charge on any atom is -0.378 e. The SMILES string of the molecule is Cc1ccc(NCc2nn3c(C(=S)N[C@@H]4CCC[C@H](C)[C@H]4C)c(-c4ccc(Cl)cc4)c4c3n2CCCC4)cc1. The summed E-state index contributed by atoms with van der Waals surface area (Å²) in [7, 11) is 0. The molecule has 2 aliphatic rings. The van der Waals surface area contributed by atoms with Crippen LogP contribution in [-0.4, -0.2) is 25.2 Å². The first-order chi connectivity index (χ1) is 18.9. The Bertz CT molecular complexity index is 1480. The molecule has 0 bridgehead atoms. The van der Waals surface area contributed by atoms with Gasteiger partial charge in [0, 0.05) is 34.4 Å². The number of rotatable bonds is 6. The zero-order valence-corrected chi connectivity index (χ0v) is 24.7. The summed E-state index contributed by atoms with van der Waals surface area (Å²) in [6.07, 6.45) is 6.98. The molecule has 2 aromatic carbocycles. The lowest BCUT2D eigenvalue weighted by Crippen LogP contribution is -2.43. The standard InChI is InChI=1S/C32H38ClN5S/c1-20-10-16-25(17-11-20)34-19-28-36-38-30(31(39)35-27-9-6-7-21(2)22(27)3)29(23-12-14-24(33)15-13-23)26-8-4-5-18-37(28)32(26)38/h10-17,21-22,27,34H,4-9,18-19H2,1-3H3,(H,35,39)/t21-,22+,27+/m0/s1. The van der Waals surface area contributed by atoms with Crippen molar-refractivity contribution in [3.05, 3.63) is 76.2 Å². The van der Waals surface area contributed by atoms with Gasteiger partial charge in [0.1, 0.15) is 16.3 Å². The van der Waals surface area contributed by atoms with Crippen molar-refractivity contribution >= 4 is 40.1 Å². The number of halogens is 1. The van der Waals surface area contributed by atoms with E-state index in [1.165, 1.54) is 35.2 Å². The lowest BCUT2D eigenvalue weighted by molar-refractivity contribution is 0.225. The van der Waals surface area contributed by atoms with E-state index in [-0.39, 0.29) is 0 Å². The number of aromatic nitrogens is 3. The molecule has 5 nitrogen and oxygen atoms in total. The van der Waals surface area contributed by atoms with E-state index in [0.717, 1.165) is 65.0 Å². The van der Waals surface area contributed by atoms with Gasteiger partial charge in [0.25, 0.3) is 0 Å². The molecule has 1 aliphatic carbocycles. The molecule has 1 saturated carbocycles. The van der Waals surface area contributed by atoms with Gasteiger partial charge in [-0.05, 0) is 74.3 Å². The number of thiocarbonyl (C=S) groups is 1. The van der Waals surface area contributed by atoms with E-state index in [2.05, 4.69) is 76.9 Å². The van der Waals surface area contributed by atoms with Crippen LogP contribution in [0.4, 0.5) is 5.69 Å². The topological polar surface area (TPSA) is 46.3 Å². The minimum atomic E-state index is 0.381. The van der Waals surface area contributed by atoms with Gasteiger partial charge in [-0.1, -0.05) is 80.3 Å². The summed E-state index contributed by atoms with van der Waals surface area (Å²) >= 11 is 12.5. The molecule has 1 aliphatic heterocycles. The zero-order valence-electron chi connectivity index (χ0n) is 23.1. The van der Waals surface area contributed by atoms with Crippen LogP contribution < -0.4 is 10.6 Å². The molecule has 4 aromatic rings. The molecule has 3 atom stereocenters. The summed E-state index contributed by atoms with van der Waals surface area (Å²) in [5, 5.41) is 13.4. The molecule has 0 spiro atoms. The normalized spacial score (nSPS) is 21.1. The Balaban J connectivity index is 1.45. The monoisotopic (exact) mass is 559 g/mol. The molecule has 0 amide bonds. The van der Waals surface area contributed by atoms with E-state index in [4.69, 9.17) is 28.9 Å². The van der Waals surface area contributed by atoms with Crippen molar-refractivity contribution in [1.29, 1.82) is 0 Å². The summed E-state index contributed by atoms with van der Waals surface area (Å²) < 4.78 is 4.56. The Labute approximate surface area is 241 Å². The van der Waals surface area contributed by atoms with E-state index in [1.54, 1.807) is 0 Å². The number of nitrogens with one attached hydrogen (secondary N) is 2. The fourth-order valence-corrected chi connectivity index (χ4v) is 6.91. The molecule has 204 valence electrons. The molecule has 0 radical (unpaired) electrons. The van der Waals surface area contributed by atoms with Crippen molar-refractivity contribution in [3.8, 4) is 11.1 Å². The van der Waals surface area contributed by atoms with Crippen LogP contribution in [0.3, 0.4) is 0 Å². The minimum absolute atomic E-state index is 0.381. The lowest BCUT2D eigenvalue weighted by atomic mass is 9.78. The zero-order chi connectivity index (χ0) is 27.1. The highest BCUT2D eigenvalue weighted by molar-refractivity contribution is 7.80. The summed E-state index contributed by atoms with van der Waals surface area (Å²) in [5.74, 6) is 2.32. The summed E-state index contributed by atoms with van der Waals surface area (Å²) in [5.41, 5.74) is 8.26. The average Bonchev–Trinajstić information content (AvgIpc) is 3.33. The maximum atomic E-state index is 6.30. The van der Waals surface area contributed by atoms with E-state index >= 15 is 0 Å². The van der Waals surface area contributed by atoms with E-state index in [9.17, 15) is 0 Å². The van der Waals surface area contributed by atoms with Gasteiger partial charge < -0.3 is 15.2 Å². The second-order valence-electron chi connectivity index (χ2n) is 11.5. The maximum Gasteiger partial charge on any atom is 0.150 e. The maximum absolute atomic E-state index is 6.30. The molecule has 0 unspecified atom stereocenters. The van der Waals surface area contributed by atoms with Gasteiger partial charge >= 0.3 is 0 Å². The predicted octanol–water partition coefficient (Wildman–Crippen LogP) is 7.80. The van der Waals surface area contributed by atoms with Crippen LogP contribution in [0.25, 0.3) is 16.8 Å². The summed E-state index contributed by atoms with van der Waals surface area (Å²) in [6.45, 7) is 8.47. The second-order valence-corrected chi connectivity index (χ2v) is 12.4. The van der Waals surface area contributed by atoms with Crippen molar-refractivity contribution in [2.75, 3.05) is 5.32 Å². The van der Waals surface area contributed by atoms with Crippen LogP contribution in [0.15, 0.2) is 48.5 Å². The number of hydrogen-bond acceptors (Lipinski definition) is 3. The second kappa shape index (κ2) is 11.0. The van der Waals surface area contributed by atoms with Gasteiger partial charge in [0.2, 0.25) is 0 Å². The van der Waals surface area contributed by atoms with Gasteiger partial charge in [0.05, 0.1) is 6.54 Å². The van der Waals surface area contributed by atoms with Crippen LogP contribution in [0.1, 0.15) is 68.6 Å². The van der Waals surface area contributed by atoms with Crippen molar-refractivity contribution in [2.24, 2.45) is 11.8 Å². The number of benzene rings is 2. The molecule has 2 aromatic heterocycles. The third kappa shape index (κ3) is 5.09. The molecule has 0 saturated heterocycles. The largest absolute Gasteiger partial charge is 0.378 e. The number of aryl methyl sites for hydroxylation is 3. The first-order valence-corrected chi connectivity index (χ1v) is 15.2. The van der Waals surface area contributed by atoms with Crippen molar-refractivity contribution in [2.45, 2.75) is 78.4 Å². The van der Waals surface area contributed by atoms with Crippen LogP contribution in [-0.2, 0) is 19.5 Å². The van der Waals surface area contributed by atoms with Crippen LogP contribution in [0.5, 0.6) is 0 Å². The average molecular weight is 560 g/mol. The lowest BCUT2D eigenvalue weighted by Gasteiger charge is -2.35. The molecule has 1 fully saturated rings. The highest BCUT2D eigenvalue weighted by atomic mass is 35.5. The molecule has 39 heavy (non-hydrogen) atoms. The van der Waals surface area contributed by atoms with E-state index in [1.807, 2.05) is 12.1 Å². The van der Waals surface area contributed by atoms with Crippen molar-refractivity contribution in [1.82, 2.24) is 19.5 Å². The van der Waals surface area contributed by atoms with Crippen molar-refractivity contribution < 1.29 is 0 Å². The first kappa shape index (κ1) is 26.4. The number of nitrogens with zero attached hydrogens (tertiary/aromatic N) is 3. The molecule has 6 rings (SSSR count). The number of anilines is 1. The fraction of sp³-hybridized carbons (Fsp3) is 0.438. The van der Waals surface area contributed by atoms with Gasteiger partial charge in [-0.3, -0.25) is 0 Å². The smallest absolute Gasteiger partial charge is 0.150 e. The van der Waals surface area contributed by atoms with Gasteiger partial charge in [0.15, 0.2) is 5.82 Å². The van der Waals surface area contributed by atoms with Crippen LogP contribution in [0.2, 0.25) is 5.02 Å². The molecular formula is C32H38ClN5S. The van der Waals surface area contributed by atoms with E-state index < -0.39 is 0 Å². The third-order valence-electron chi connectivity index (χ3n) is 8.94.